The molecule has 8 heteroatoms. The number of rotatable bonds is 8. The predicted molar refractivity (Wildman–Crippen MR) is 132 cm³/mol. The zero-order valence-electron chi connectivity index (χ0n) is 19.2. The fraction of sp³-hybridized carbons (Fsp3) is 0.269. The molecular weight excluding hydrogens is 450 g/mol. The van der Waals surface area contributed by atoms with Crippen molar-refractivity contribution >= 4 is 21.6 Å². The zero-order valence-corrected chi connectivity index (χ0v) is 20.0. The Bertz CT molecular complexity index is 1210. The van der Waals surface area contributed by atoms with Gasteiger partial charge in [-0.25, -0.2) is 8.42 Å². The van der Waals surface area contributed by atoms with Crippen molar-refractivity contribution in [2.24, 2.45) is 0 Å². The lowest BCUT2D eigenvalue weighted by Crippen LogP contribution is -2.48. The fourth-order valence-corrected chi connectivity index (χ4v) is 5.03. The first-order chi connectivity index (χ1) is 16.4. The minimum Gasteiger partial charge on any atom is -0.494 e. The molecule has 0 saturated carbocycles. The first-order valence-electron chi connectivity index (χ1n) is 11.4. The second kappa shape index (κ2) is 10.7. The average molecular weight is 480 g/mol. The summed E-state index contributed by atoms with van der Waals surface area (Å²) in [6.45, 7) is 6.04. The molecule has 1 heterocycles. The number of sulfonamides is 1. The van der Waals surface area contributed by atoms with E-state index < -0.39 is 10.0 Å². The zero-order chi connectivity index (χ0) is 24.0. The molecule has 0 spiro atoms. The van der Waals surface area contributed by atoms with Gasteiger partial charge in [-0.15, -0.1) is 0 Å². The normalized spacial score (nSPS) is 14.6. The number of anilines is 1. The number of carbonyl (C=O) groups excluding carboxylic acids is 1. The van der Waals surface area contributed by atoms with Crippen LogP contribution in [0, 0.1) is 0 Å². The van der Waals surface area contributed by atoms with Crippen LogP contribution < -0.4 is 9.46 Å². The Morgan fingerprint density at radius 2 is 1.62 bits per heavy atom. The summed E-state index contributed by atoms with van der Waals surface area (Å²) in [5.41, 5.74) is 2.04. The van der Waals surface area contributed by atoms with E-state index in [0.717, 1.165) is 19.6 Å². The molecule has 178 valence electrons. The maximum atomic E-state index is 13.1. The van der Waals surface area contributed by atoms with Crippen LogP contribution in [0.3, 0.4) is 0 Å². The standard InChI is InChI=1S/C26H29N3O4S/c1-2-33-24-13-11-23(12-14-24)27-34(31,32)25-10-6-9-22(19-25)26(30)29-17-15-28(16-18-29)20-21-7-4-3-5-8-21/h3-14,19,27H,2,15-18,20H2,1H3. The second-order valence-corrected chi connectivity index (χ2v) is 9.83. The first kappa shape index (κ1) is 23.8. The summed E-state index contributed by atoms with van der Waals surface area (Å²) >= 11 is 0. The van der Waals surface area contributed by atoms with Gasteiger partial charge in [-0.1, -0.05) is 36.4 Å². The molecular formula is C26H29N3O4S. The van der Waals surface area contributed by atoms with Gasteiger partial charge in [-0.05, 0) is 55.0 Å². The Kier molecular flexibility index (Phi) is 7.49. The molecule has 3 aromatic rings. The molecule has 0 atom stereocenters. The van der Waals surface area contributed by atoms with Gasteiger partial charge in [0.15, 0.2) is 0 Å². The van der Waals surface area contributed by atoms with Gasteiger partial charge in [0.25, 0.3) is 15.9 Å². The molecule has 34 heavy (non-hydrogen) atoms. The molecule has 1 aliphatic heterocycles. The third-order valence-corrected chi connectivity index (χ3v) is 7.10. The maximum absolute atomic E-state index is 13.1. The summed E-state index contributed by atoms with van der Waals surface area (Å²) in [6.07, 6.45) is 0. The van der Waals surface area contributed by atoms with E-state index in [1.807, 2.05) is 25.1 Å². The van der Waals surface area contributed by atoms with Crippen LogP contribution in [0.15, 0.2) is 83.8 Å². The van der Waals surface area contributed by atoms with E-state index in [1.54, 1.807) is 41.3 Å². The van der Waals surface area contributed by atoms with Crippen molar-refractivity contribution in [1.82, 2.24) is 9.80 Å². The SMILES string of the molecule is CCOc1ccc(NS(=O)(=O)c2cccc(C(=O)N3CCN(Cc4ccccc4)CC3)c2)cc1. The molecule has 0 radical (unpaired) electrons. The van der Waals surface area contributed by atoms with Crippen molar-refractivity contribution in [3.8, 4) is 5.75 Å². The van der Waals surface area contributed by atoms with Gasteiger partial charge in [0.1, 0.15) is 5.75 Å². The summed E-state index contributed by atoms with van der Waals surface area (Å²) in [5.74, 6) is 0.513. The van der Waals surface area contributed by atoms with Gasteiger partial charge in [0, 0.05) is 44.0 Å². The van der Waals surface area contributed by atoms with E-state index in [0.29, 0.717) is 36.7 Å². The summed E-state index contributed by atoms with van der Waals surface area (Å²) in [7, 11) is -3.84. The van der Waals surface area contributed by atoms with Crippen LogP contribution in [-0.2, 0) is 16.6 Å². The third-order valence-electron chi connectivity index (χ3n) is 5.72. The van der Waals surface area contributed by atoms with Gasteiger partial charge in [-0.2, -0.15) is 0 Å². The van der Waals surface area contributed by atoms with Crippen molar-refractivity contribution < 1.29 is 17.9 Å². The molecule has 1 fully saturated rings. The van der Waals surface area contributed by atoms with Crippen molar-refractivity contribution in [2.75, 3.05) is 37.5 Å². The molecule has 0 aliphatic carbocycles. The molecule has 1 N–H and O–H groups in total. The number of amides is 1. The van der Waals surface area contributed by atoms with Gasteiger partial charge < -0.3 is 9.64 Å². The Labute approximate surface area is 201 Å². The highest BCUT2D eigenvalue weighted by Gasteiger charge is 2.24. The van der Waals surface area contributed by atoms with Crippen LogP contribution in [0.4, 0.5) is 5.69 Å². The molecule has 0 bridgehead atoms. The van der Waals surface area contributed by atoms with Crippen molar-refractivity contribution in [1.29, 1.82) is 0 Å². The summed E-state index contributed by atoms with van der Waals surface area (Å²) < 4.78 is 33.8. The number of benzene rings is 3. The predicted octanol–water partition coefficient (Wildman–Crippen LogP) is 3.84. The monoisotopic (exact) mass is 479 g/mol. The minimum atomic E-state index is -3.84. The molecule has 1 aliphatic rings. The van der Waals surface area contributed by atoms with Gasteiger partial charge in [-0.3, -0.25) is 14.4 Å². The van der Waals surface area contributed by atoms with Crippen LogP contribution in [0.5, 0.6) is 5.75 Å². The van der Waals surface area contributed by atoms with Crippen LogP contribution in [0.2, 0.25) is 0 Å². The van der Waals surface area contributed by atoms with Crippen molar-refractivity contribution in [3.05, 3.63) is 90.0 Å². The van der Waals surface area contributed by atoms with E-state index in [9.17, 15) is 13.2 Å². The lowest BCUT2D eigenvalue weighted by Gasteiger charge is -2.34. The topological polar surface area (TPSA) is 78.9 Å². The highest BCUT2D eigenvalue weighted by Crippen LogP contribution is 2.21. The number of piperazine rings is 1. The average Bonchev–Trinajstić information content (AvgIpc) is 2.86. The van der Waals surface area contributed by atoms with E-state index in [-0.39, 0.29) is 10.8 Å². The number of hydrogen-bond acceptors (Lipinski definition) is 5. The number of carbonyl (C=O) groups is 1. The summed E-state index contributed by atoms with van der Waals surface area (Å²) in [4.78, 5) is 17.2. The molecule has 7 nitrogen and oxygen atoms in total. The third kappa shape index (κ3) is 5.95. The Balaban J connectivity index is 1.39. The number of ether oxygens (including phenoxy) is 1. The number of nitrogens with zero attached hydrogens (tertiary/aromatic N) is 2. The van der Waals surface area contributed by atoms with E-state index >= 15 is 0 Å². The molecule has 0 unspecified atom stereocenters. The van der Waals surface area contributed by atoms with E-state index in [2.05, 4.69) is 21.8 Å². The molecule has 4 rings (SSSR count). The highest BCUT2D eigenvalue weighted by atomic mass is 32.2. The van der Waals surface area contributed by atoms with Crippen LogP contribution in [0.1, 0.15) is 22.8 Å². The van der Waals surface area contributed by atoms with E-state index in [4.69, 9.17) is 4.74 Å². The van der Waals surface area contributed by atoms with Crippen LogP contribution in [0.25, 0.3) is 0 Å². The fourth-order valence-electron chi connectivity index (χ4n) is 3.93. The van der Waals surface area contributed by atoms with E-state index in [1.165, 1.54) is 17.7 Å². The van der Waals surface area contributed by atoms with Gasteiger partial charge in [0.05, 0.1) is 11.5 Å². The van der Waals surface area contributed by atoms with Crippen molar-refractivity contribution in [3.63, 3.8) is 0 Å². The minimum absolute atomic E-state index is 0.0509. The van der Waals surface area contributed by atoms with Gasteiger partial charge in [0.2, 0.25) is 0 Å². The smallest absolute Gasteiger partial charge is 0.261 e. The molecule has 1 amide bonds. The summed E-state index contributed by atoms with van der Waals surface area (Å²) in [5, 5.41) is 0. The Morgan fingerprint density at radius 3 is 2.29 bits per heavy atom. The number of nitrogens with one attached hydrogen (secondary N) is 1. The molecule has 3 aromatic carbocycles. The van der Waals surface area contributed by atoms with Crippen LogP contribution >= 0.6 is 0 Å². The van der Waals surface area contributed by atoms with Gasteiger partial charge >= 0.3 is 0 Å². The molecule has 0 aromatic heterocycles. The van der Waals surface area contributed by atoms with Crippen LogP contribution in [-0.4, -0.2) is 56.9 Å². The summed E-state index contributed by atoms with van der Waals surface area (Å²) in [6, 6.07) is 23.2. The number of hydrogen-bond donors (Lipinski definition) is 1. The van der Waals surface area contributed by atoms with Crippen molar-refractivity contribution in [2.45, 2.75) is 18.4 Å². The Morgan fingerprint density at radius 1 is 0.912 bits per heavy atom. The first-order valence-corrected chi connectivity index (χ1v) is 12.8. The Hall–Kier alpha value is -3.36. The molecule has 1 saturated heterocycles. The maximum Gasteiger partial charge on any atom is 0.261 e. The quantitative estimate of drug-likeness (QED) is 0.531. The highest BCUT2D eigenvalue weighted by molar-refractivity contribution is 7.92. The lowest BCUT2D eigenvalue weighted by atomic mass is 10.1. The largest absolute Gasteiger partial charge is 0.494 e. The second-order valence-electron chi connectivity index (χ2n) is 8.14. The lowest BCUT2D eigenvalue weighted by molar-refractivity contribution is 0.0628.